The van der Waals surface area contributed by atoms with E-state index in [0.717, 1.165) is 43.0 Å². The minimum atomic E-state index is -0.466. The second-order valence-electron chi connectivity index (χ2n) is 7.82. The Hall–Kier alpha value is -1.95. The highest BCUT2D eigenvalue weighted by atomic mass is 16.6. The van der Waals surface area contributed by atoms with Crippen LogP contribution in [0.15, 0.2) is 18.2 Å². The molecule has 0 N–H and O–H groups in total. The molecule has 0 saturated carbocycles. The third-order valence-electron chi connectivity index (χ3n) is 4.59. The topological polar surface area (TPSA) is 51.2 Å². The molecule has 1 aliphatic heterocycles. The zero-order chi connectivity index (χ0) is 19.3. The molecule has 1 fully saturated rings. The van der Waals surface area contributed by atoms with E-state index in [1.54, 1.807) is 14.2 Å². The molecule has 1 saturated heterocycles. The number of likely N-dealkylation sites (N-methyl/N-ethyl adjacent to an activating group) is 1. The lowest BCUT2D eigenvalue weighted by atomic mass is 10.0. The predicted octanol–water partition coefficient (Wildman–Crippen LogP) is 3.54. The van der Waals surface area contributed by atoms with E-state index in [1.165, 1.54) is 0 Å². The maximum absolute atomic E-state index is 12.4. The molecule has 2 rings (SSSR count). The fourth-order valence-electron chi connectivity index (χ4n) is 3.19. The van der Waals surface area contributed by atoms with E-state index in [-0.39, 0.29) is 6.09 Å². The van der Waals surface area contributed by atoms with Crippen LogP contribution in [0.5, 0.6) is 11.5 Å². The molecule has 0 unspecified atom stereocenters. The molecule has 0 bridgehead atoms. The van der Waals surface area contributed by atoms with Crippen LogP contribution in [0.1, 0.15) is 39.2 Å². The van der Waals surface area contributed by atoms with Gasteiger partial charge in [0.15, 0.2) is 0 Å². The number of methoxy groups -OCH3 is 2. The van der Waals surface area contributed by atoms with E-state index >= 15 is 0 Å². The van der Waals surface area contributed by atoms with Crippen molar-refractivity contribution in [2.24, 2.45) is 0 Å². The molecule has 0 aromatic heterocycles. The van der Waals surface area contributed by atoms with Gasteiger partial charge in [0, 0.05) is 37.3 Å². The second kappa shape index (κ2) is 8.62. The van der Waals surface area contributed by atoms with Gasteiger partial charge in [-0.1, -0.05) is 6.07 Å². The molecule has 6 nitrogen and oxygen atoms in total. The van der Waals surface area contributed by atoms with Crippen LogP contribution in [0.25, 0.3) is 0 Å². The van der Waals surface area contributed by atoms with Crippen molar-refractivity contribution in [3.63, 3.8) is 0 Å². The highest BCUT2D eigenvalue weighted by Gasteiger charge is 2.29. The third kappa shape index (κ3) is 5.53. The summed E-state index contributed by atoms with van der Waals surface area (Å²) in [6, 6.07) is 6.17. The highest BCUT2D eigenvalue weighted by Crippen LogP contribution is 2.27. The van der Waals surface area contributed by atoms with Gasteiger partial charge in [-0.05, 0) is 46.7 Å². The van der Waals surface area contributed by atoms with Crippen LogP contribution in [0.3, 0.4) is 0 Å². The number of hydrogen-bond donors (Lipinski definition) is 0. The van der Waals surface area contributed by atoms with E-state index in [9.17, 15) is 4.79 Å². The normalized spacial score (nSPS) is 18.0. The lowest BCUT2D eigenvalue weighted by molar-refractivity contribution is 0.0120. The van der Waals surface area contributed by atoms with Crippen LogP contribution in [0.2, 0.25) is 0 Å². The zero-order valence-electron chi connectivity index (χ0n) is 16.9. The molecule has 0 aliphatic carbocycles. The SMILES string of the molecule is COc1ccc(CN(C)[C@H]2CCCN(C(=O)OC(C)(C)C)C2)c(OC)c1. The van der Waals surface area contributed by atoms with Gasteiger partial charge in [0.1, 0.15) is 17.1 Å². The lowest BCUT2D eigenvalue weighted by Crippen LogP contribution is -2.49. The van der Waals surface area contributed by atoms with Crippen molar-refractivity contribution < 1.29 is 19.0 Å². The average molecular weight is 364 g/mol. The fourth-order valence-corrected chi connectivity index (χ4v) is 3.19. The number of nitrogens with zero attached hydrogens (tertiary/aromatic N) is 2. The minimum absolute atomic E-state index is 0.224. The zero-order valence-corrected chi connectivity index (χ0v) is 16.9. The number of likely N-dealkylation sites (tertiary alicyclic amines) is 1. The Labute approximate surface area is 157 Å². The summed E-state index contributed by atoms with van der Waals surface area (Å²) in [4.78, 5) is 16.5. The van der Waals surface area contributed by atoms with Gasteiger partial charge in [-0.15, -0.1) is 0 Å². The van der Waals surface area contributed by atoms with Crippen molar-refractivity contribution in [2.45, 2.75) is 51.8 Å². The summed E-state index contributed by atoms with van der Waals surface area (Å²) >= 11 is 0. The van der Waals surface area contributed by atoms with Crippen LogP contribution < -0.4 is 9.47 Å². The Kier molecular flexibility index (Phi) is 6.75. The first kappa shape index (κ1) is 20.4. The summed E-state index contributed by atoms with van der Waals surface area (Å²) in [5.41, 5.74) is 0.636. The van der Waals surface area contributed by atoms with Gasteiger partial charge >= 0.3 is 6.09 Å². The first-order chi connectivity index (χ1) is 12.2. The maximum atomic E-state index is 12.4. The Morgan fingerprint density at radius 2 is 2.00 bits per heavy atom. The molecule has 0 spiro atoms. The number of benzene rings is 1. The molecule has 1 aromatic carbocycles. The van der Waals surface area contributed by atoms with Crippen LogP contribution in [-0.4, -0.2) is 61.9 Å². The molecular formula is C20H32N2O4. The second-order valence-corrected chi connectivity index (χ2v) is 7.82. The van der Waals surface area contributed by atoms with Crippen molar-refractivity contribution >= 4 is 6.09 Å². The molecule has 1 atom stereocenters. The number of amides is 1. The summed E-state index contributed by atoms with van der Waals surface area (Å²) in [6.07, 6.45) is 1.82. The molecule has 1 aromatic rings. The van der Waals surface area contributed by atoms with Gasteiger partial charge in [0.05, 0.1) is 14.2 Å². The molecule has 26 heavy (non-hydrogen) atoms. The van der Waals surface area contributed by atoms with Crippen molar-refractivity contribution in [3.8, 4) is 11.5 Å². The summed E-state index contributed by atoms with van der Waals surface area (Å²) in [5, 5.41) is 0. The molecule has 146 valence electrons. The number of piperidine rings is 1. The van der Waals surface area contributed by atoms with Gasteiger partial charge < -0.3 is 19.1 Å². The molecule has 1 amide bonds. The predicted molar refractivity (Wildman–Crippen MR) is 102 cm³/mol. The molecule has 6 heteroatoms. The molecule has 1 aliphatic rings. The van der Waals surface area contributed by atoms with Crippen molar-refractivity contribution in [1.29, 1.82) is 0 Å². The lowest BCUT2D eigenvalue weighted by Gasteiger charge is -2.38. The summed E-state index contributed by atoms with van der Waals surface area (Å²) < 4.78 is 16.3. The Morgan fingerprint density at radius 3 is 2.62 bits per heavy atom. The number of ether oxygens (including phenoxy) is 3. The summed E-state index contributed by atoms with van der Waals surface area (Å²) in [6.45, 7) is 7.88. The Balaban J connectivity index is 2.01. The first-order valence-corrected chi connectivity index (χ1v) is 9.12. The van der Waals surface area contributed by atoms with Gasteiger partial charge in [-0.2, -0.15) is 0 Å². The molecule has 0 radical (unpaired) electrons. The number of carbonyl (C=O) groups excluding carboxylic acids is 1. The van der Waals surface area contributed by atoms with E-state index in [0.29, 0.717) is 12.6 Å². The van der Waals surface area contributed by atoms with E-state index < -0.39 is 5.60 Å². The van der Waals surface area contributed by atoms with Crippen molar-refractivity contribution in [1.82, 2.24) is 9.80 Å². The fraction of sp³-hybridized carbons (Fsp3) is 0.650. The van der Waals surface area contributed by atoms with Crippen LogP contribution >= 0.6 is 0 Å². The quantitative estimate of drug-likeness (QED) is 0.800. The Bertz CT molecular complexity index is 612. The number of rotatable bonds is 5. The van der Waals surface area contributed by atoms with Gasteiger partial charge in [0.25, 0.3) is 0 Å². The summed E-state index contributed by atoms with van der Waals surface area (Å²) in [5.74, 6) is 1.60. The first-order valence-electron chi connectivity index (χ1n) is 9.12. The third-order valence-corrected chi connectivity index (χ3v) is 4.59. The van der Waals surface area contributed by atoms with Crippen LogP contribution in [0.4, 0.5) is 4.79 Å². The van der Waals surface area contributed by atoms with E-state index in [1.807, 2.05) is 43.9 Å². The summed E-state index contributed by atoms with van der Waals surface area (Å²) in [7, 11) is 5.41. The van der Waals surface area contributed by atoms with Gasteiger partial charge in [-0.3, -0.25) is 4.90 Å². The van der Waals surface area contributed by atoms with Crippen molar-refractivity contribution in [3.05, 3.63) is 23.8 Å². The molecular weight excluding hydrogens is 332 g/mol. The Morgan fingerprint density at radius 1 is 1.27 bits per heavy atom. The van der Waals surface area contributed by atoms with Crippen LogP contribution in [0, 0.1) is 0 Å². The van der Waals surface area contributed by atoms with E-state index in [4.69, 9.17) is 14.2 Å². The monoisotopic (exact) mass is 364 g/mol. The maximum Gasteiger partial charge on any atom is 0.410 e. The largest absolute Gasteiger partial charge is 0.497 e. The van der Waals surface area contributed by atoms with Gasteiger partial charge in [0.2, 0.25) is 0 Å². The number of carbonyl (C=O) groups is 1. The van der Waals surface area contributed by atoms with Crippen LogP contribution in [-0.2, 0) is 11.3 Å². The smallest absolute Gasteiger partial charge is 0.410 e. The van der Waals surface area contributed by atoms with Crippen molar-refractivity contribution in [2.75, 3.05) is 34.4 Å². The molecule has 1 heterocycles. The van der Waals surface area contributed by atoms with E-state index in [2.05, 4.69) is 11.9 Å². The highest BCUT2D eigenvalue weighted by molar-refractivity contribution is 5.68. The minimum Gasteiger partial charge on any atom is -0.497 e. The van der Waals surface area contributed by atoms with Gasteiger partial charge in [-0.25, -0.2) is 4.79 Å². The number of hydrogen-bond acceptors (Lipinski definition) is 5. The average Bonchev–Trinajstić information content (AvgIpc) is 2.60. The standard InChI is InChI=1S/C20H32N2O4/c1-20(2,3)26-19(23)22-11-7-8-16(14-22)21(4)13-15-9-10-17(24-5)12-18(15)25-6/h9-10,12,16H,7-8,11,13-14H2,1-6H3/t16-/m0/s1.